The third kappa shape index (κ3) is 7.34. The third-order valence-electron chi connectivity index (χ3n) is 11.7. The smallest absolute Gasteiger partial charge is 0.270 e. The van der Waals surface area contributed by atoms with E-state index in [1.807, 2.05) is 38.1 Å². The van der Waals surface area contributed by atoms with Crippen LogP contribution in [0.5, 0.6) is 0 Å². The van der Waals surface area contributed by atoms with Gasteiger partial charge in [-0.15, -0.1) is 0 Å². The molecule has 1 unspecified atom stereocenters. The highest BCUT2D eigenvalue weighted by molar-refractivity contribution is 6.03. The van der Waals surface area contributed by atoms with E-state index in [0.29, 0.717) is 67.2 Å². The maximum atomic E-state index is 13.1. The van der Waals surface area contributed by atoms with E-state index in [-0.39, 0.29) is 36.0 Å². The lowest BCUT2D eigenvalue weighted by Crippen LogP contribution is -2.43. The number of aromatic nitrogens is 5. The summed E-state index contributed by atoms with van der Waals surface area (Å²) in [4.78, 5) is 73.8. The molecule has 304 valence electrons. The van der Waals surface area contributed by atoms with Gasteiger partial charge in [0.25, 0.3) is 11.5 Å². The highest BCUT2D eigenvalue weighted by atomic mass is 16.3. The quantitative estimate of drug-likeness (QED) is 0.157. The number of benzene rings is 1. The van der Waals surface area contributed by atoms with Gasteiger partial charge in [-0.3, -0.25) is 29.5 Å². The normalized spacial score (nSPS) is 17.6. The number of nitrogens with zero attached hydrogens (tertiary/aromatic N) is 7. The Hall–Kier alpha value is -6.92. The number of piperidine rings is 2. The Kier molecular flexibility index (Phi) is 9.87. The van der Waals surface area contributed by atoms with Crippen molar-refractivity contribution in [3.8, 4) is 23.2 Å². The van der Waals surface area contributed by atoms with Crippen LogP contribution in [0.2, 0.25) is 0 Å². The molecule has 1 aromatic carbocycles. The zero-order valence-corrected chi connectivity index (χ0v) is 33.5. The van der Waals surface area contributed by atoms with Crippen LogP contribution in [-0.4, -0.2) is 79.1 Å². The lowest BCUT2D eigenvalue weighted by molar-refractivity contribution is -0.134. The van der Waals surface area contributed by atoms with E-state index in [4.69, 9.17) is 19.4 Å². The van der Waals surface area contributed by atoms with Gasteiger partial charge in [0.1, 0.15) is 22.9 Å². The number of nitrogens with one attached hydrogen (secondary N) is 2. The topological polar surface area (TPSA) is 189 Å². The average Bonchev–Trinajstić information content (AvgIpc) is 3.67. The zero-order valence-electron chi connectivity index (χ0n) is 33.5. The van der Waals surface area contributed by atoms with Gasteiger partial charge in [-0.2, -0.15) is 0 Å². The number of pyridine rings is 3. The summed E-state index contributed by atoms with van der Waals surface area (Å²) in [6.45, 7) is 5.72. The molecular formula is C45H43N9O6. The molecule has 0 bridgehead atoms. The molecule has 5 aromatic heterocycles. The predicted molar refractivity (Wildman–Crippen MR) is 225 cm³/mol. The van der Waals surface area contributed by atoms with E-state index < -0.39 is 17.4 Å². The largest absolute Gasteiger partial charge is 0.448 e. The number of hydrogen-bond acceptors (Lipinski definition) is 12. The molecule has 3 N–H and O–H groups in total. The molecule has 6 aromatic rings. The molecule has 0 saturated carbocycles. The van der Waals surface area contributed by atoms with Crippen molar-refractivity contribution in [1.29, 1.82) is 0 Å². The van der Waals surface area contributed by atoms with Crippen molar-refractivity contribution < 1.29 is 23.9 Å². The molecule has 1 atom stereocenters. The first-order valence-corrected chi connectivity index (χ1v) is 20.1. The van der Waals surface area contributed by atoms with E-state index >= 15 is 0 Å². The Morgan fingerprint density at radius 2 is 1.85 bits per heavy atom. The van der Waals surface area contributed by atoms with Crippen LogP contribution in [0.15, 0.2) is 70.1 Å². The second-order valence-electron chi connectivity index (χ2n) is 16.0. The van der Waals surface area contributed by atoms with Crippen molar-refractivity contribution in [3.63, 3.8) is 0 Å². The number of aliphatic hydroxyl groups is 1. The molecular weight excluding hydrogens is 763 g/mol. The summed E-state index contributed by atoms with van der Waals surface area (Å²) in [5, 5.41) is 17.4. The lowest BCUT2D eigenvalue weighted by Gasteiger charge is -2.37. The molecule has 9 rings (SSSR count). The molecule has 60 heavy (non-hydrogen) atoms. The van der Waals surface area contributed by atoms with Crippen molar-refractivity contribution in [2.75, 3.05) is 36.0 Å². The molecule has 3 aliphatic heterocycles. The van der Waals surface area contributed by atoms with Gasteiger partial charge in [0, 0.05) is 73.3 Å². The average molecular weight is 806 g/mol. The molecule has 2 fully saturated rings. The Morgan fingerprint density at radius 1 is 1.02 bits per heavy atom. The van der Waals surface area contributed by atoms with Gasteiger partial charge >= 0.3 is 0 Å². The van der Waals surface area contributed by atoms with Crippen LogP contribution in [0.4, 0.5) is 17.3 Å². The molecule has 3 amide bonds. The van der Waals surface area contributed by atoms with Gasteiger partial charge < -0.3 is 29.2 Å². The van der Waals surface area contributed by atoms with Crippen LogP contribution in [-0.2, 0) is 23.1 Å². The van der Waals surface area contributed by atoms with Crippen LogP contribution in [0.3, 0.4) is 0 Å². The standard InChI is InChI=1S/C45H43N9O6/c1-26-21-32-35(52(3)44(26)58)23-38(53-19-15-45(2,59)16-20-53)50-41(32)54-18-6-9-33-36(54)25-48-40(49-33)27-11-13-34(47-24-27)43(57)46-17-5-7-28-22-31-29(8-4-10-37(31)60-28)30-12-14-39(55)51-42(30)56/h4,8,10-11,13,21-25,30,59H,6,9,12,14-20H2,1-3H3,(H,46,57)(H,51,55,56). The van der Waals surface area contributed by atoms with Crippen LogP contribution in [0, 0.1) is 18.8 Å². The minimum atomic E-state index is -0.715. The Labute approximate surface area is 344 Å². The maximum absolute atomic E-state index is 13.1. The number of carbonyl (C=O) groups excluding carboxylic acids is 3. The summed E-state index contributed by atoms with van der Waals surface area (Å²) in [5.74, 6) is 6.79. The Balaban J connectivity index is 0.903. The second-order valence-corrected chi connectivity index (χ2v) is 16.0. The summed E-state index contributed by atoms with van der Waals surface area (Å²) in [6.07, 6.45) is 6.90. The van der Waals surface area contributed by atoms with Crippen LogP contribution >= 0.6 is 0 Å². The van der Waals surface area contributed by atoms with Gasteiger partial charge in [0.2, 0.25) is 11.8 Å². The molecule has 15 nitrogen and oxygen atoms in total. The molecule has 8 heterocycles. The second kappa shape index (κ2) is 15.4. The molecule has 0 spiro atoms. The van der Waals surface area contributed by atoms with E-state index in [0.717, 1.165) is 57.7 Å². The minimum absolute atomic E-state index is 0.0484. The van der Waals surface area contributed by atoms with Crippen molar-refractivity contribution >= 4 is 56.9 Å². The Morgan fingerprint density at radius 3 is 2.63 bits per heavy atom. The van der Waals surface area contributed by atoms with E-state index in [1.54, 1.807) is 48.3 Å². The van der Waals surface area contributed by atoms with Crippen molar-refractivity contribution in [2.24, 2.45) is 7.05 Å². The number of fused-ring (bicyclic) bond motifs is 3. The number of rotatable bonds is 6. The van der Waals surface area contributed by atoms with Crippen molar-refractivity contribution in [3.05, 3.63) is 99.6 Å². The van der Waals surface area contributed by atoms with E-state index in [9.17, 15) is 24.3 Å². The summed E-state index contributed by atoms with van der Waals surface area (Å²) < 4.78 is 7.57. The predicted octanol–water partition coefficient (Wildman–Crippen LogP) is 4.58. The van der Waals surface area contributed by atoms with E-state index in [1.165, 1.54) is 0 Å². The van der Waals surface area contributed by atoms with Crippen LogP contribution < -0.4 is 26.0 Å². The number of amides is 3. The van der Waals surface area contributed by atoms with Crippen molar-refractivity contribution in [1.82, 2.24) is 35.1 Å². The summed E-state index contributed by atoms with van der Waals surface area (Å²) in [7, 11) is 1.79. The van der Waals surface area contributed by atoms with Gasteiger partial charge in [-0.05, 0) is 81.7 Å². The first-order valence-electron chi connectivity index (χ1n) is 20.1. The highest BCUT2D eigenvalue weighted by Gasteiger charge is 2.31. The molecule has 2 saturated heterocycles. The fourth-order valence-corrected chi connectivity index (χ4v) is 8.32. The molecule has 15 heteroatoms. The summed E-state index contributed by atoms with van der Waals surface area (Å²) >= 11 is 0. The highest BCUT2D eigenvalue weighted by Crippen LogP contribution is 2.39. The zero-order chi connectivity index (χ0) is 41.7. The Bertz CT molecular complexity index is 2840. The first-order chi connectivity index (χ1) is 28.9. The fourth-order valence-electron chi connectivity index (χ4n) is 8.32. The third-order valence-corrected chi connectivity index (χ3v) is 11.7. The van der Waals surface area contributed by atoms with Crippen LogP contribution in [0.25, 0.3) is 33.3 Å². The monoisotopic (exact) mass is 805 g/mol. The van der Waals surface area contributed by atoms with Gasteiger partial charge in [0.05, 0.1) is 41.2 Å². The molecule has 3 aliphatic rings. The number of aryl methyl sites for hydroxylation is 3. The first kappa shape index (κ1) is 38.6. The summed E-state index contributed by atoms with van der Waals surface area (Å²) in [6, 6.07) is 14.5. The van der Waals surface area contributed by atoms with Crippen LogP contribution in [0.1, 0.15) is 78.0 Å². The van der Waals surface area contributed by atoms with Gasteiger partial charge in [-0.1, -0.05) is 18.1 Å². The maximum Gasteiger partial charge on any atom is 0.270 e. The number of furan rings is 1. The van der Waals surface area contributed by atoms with Gasteiger partial charge in [0.15, 0.2) is 11.6 Å². The van der Waals surface area contributed by atoms with Crippen molar-refractivity contribution in [2.45, 2.75) is 63.9 Å². The lowest BCUT2D eigenvalue weighted by atomic mass is 9.88. The number of carbonyl (C=O) groups is 3. The SMILES string of the molecule is Cc1cc2c(N3CCCc4nc(-c5ccc(C(=O)NCC#Cc6cc7c(C8CCC(=O)NC8=O)cccc7o6)nc5)ncc43)nc(N3CCC(C)(O)CC3)cc2n(C)c1=O. The molecule has 0 radical (unpaired) electrons. The fraction of sp³-hybridized carbons (Fsp3) is 0.333. The number of hydrogen-bond donors (Lipinski definition) is 3. The minimum Gasteiger partial charge on any atom is -0.448 e. The number of imide groups is 1. The van der Waals surface area contributed by atoms with E-state index in [2.05, 4.69) is 37.3 Å². The summed E-state index contributed by atoms with van der Waals surface area (Å²) in [5.41, 5.74) is 4.56. The molecule has 0 aliphatic carbocycles. The van der Waals surface area contributed by atoms with Gasteiger partial charge in [-0.25, -0.2) is 15.0 Å². The number of anilines is 3.